The molecule has 2 N–H and O–H groups in total. The molecule has 0 aliphatic heterocycles. The Morgan fingerprint density at radius 3 is 2.83 bits per heavy atom. The summed E-state index contributed by atoms with van der Waals surface area (Å²) in [6.07, 6.45) is 3.38. The van der Waals surface area contributed by atoms with E-state index >= 15 is 0 Å². The molecule has 0 atom stereocenters. The van der Waals surface area contributed by atoms with Gasteiger partial charge in [0.1, 0.15) is 5.82 Å². The monoisotopic (exact) mass is 247 g/mol. The van der Waals surface area contributed by atoms with Crippen LogP contribution in [0.1, 0.15) is 38.4 Å². The molecular formula is C14H21N3O. The van der Waals surface area contributed by atoms with Crippen molar-refractivity contribution >= 4 is 11.7 Å². The molecule has 4 nitrogen and oxygen atoms in total. The van der Waals surface area contributed by atoms with Crippen molar-refractivity contribution in [2.45, 2.75) is 45.6 Å². The van der Waals surface area contributed by atoms with Crippen molar-refractivity contribution in [1.82, 2.24) is 10.3 Å². The highest BCUT2D eigenvalue weighted by Gasteiger charge is 2.15. The number of carbonyl (C=O) groups is 1. The second-order valence-corrected chi connectivity index (χ2v) is 5.81. The van der Waals surface area contributed by atoms with E-state index in [1.54, 1.807) is 0 Å². The summed E-state index contributed by atoms with van der Waals surface area (Å²) in [6.45, 7) is 6.18. The predicted molar refractivity (Wildman–Crippen MR) is 72.6 cm³/mol. The lowest BCUT2D eigenvalue weighted by Gasteiger charge is -2.20. The van der Waals surface area contributed by atoms with Crippen molar-refractivity contribution in [3.63, 3.8) is 0 Å². The third-order valence-electron chi connectivity index (χ3n) is 2.87. The van der Waals surface area contributed by atoms with Gasteiger partial charge in [0, 0.05) is 11.2 Å². The summed E-state index contributed by atoms with van der Waals surface area (Å²) in [5, 5.41) is 5.99. The maximum atomic E-state index is 11.7. The molecular weight excluding hydrogens is 226 g/mol. The number of hydrogen-bond acceptors (Lipinski definition) is 3. The lowest BCUT2D eigenvalue weighted by Crippen LogP contribution is -2.43. The maximum Gasteiger partial charge on any atom is 0.239 e. The Balaban J connectivity index is 1.89. The Labute approximate surface area is 108 Å². The molecule has 1 amide bonds. The van der Waals surface area contributed by atoms with Gasteiger partial charge in [0.05, 0.1) is 6.54 Å². The molecule has 4 heteroatoms. The summed E-state index contributed by atoms with van der Waals surface area (Å²) < 4.78 is 0. The lowest BCUT2D eigenvalue weighted by atomic mass is 10.1. The van der Waals surface area contributed by atoms with E-state index in [0.29, 0.717) is 0 Å². The molecule has 1 aromatic heterocycles. The molecule has 98 valence electrons. The maximum absolute atomic E-state index is 11.7. The molecule has 1 aromatic rings. The molecule has 2 rings (SSSR count). The number of rotatable bonds is 3. The highest BCUT2D eigenvalue weighted by molar-refractivity contribution is 5.81. The zero-order valence-electron chi connectivity index (χ0n) is 11.3. The van der Waals surface area contributed by atoms with E-state index in [1.165, 1.54) is 17.7 Å². The Morgan fingerprint density at radius 1 is 1.33 bits per heavy atom. The van der Waals surface area contributed by atoms with Crippen molar-refractivity contribution in [2.24, 2.45) is 0 Å². The molecule has 0 unspecified atom stereocenters. The SMILES string of the molecule is CC(C)(C)NC(=O)CNc1ccc2c(n1)CCC2. The highest BCUT2D eigenvalue weighted by Crippen LogP contribution is 2.21. The molecule has 0 bridgehead atoms. The fourth-order valence-electron chi connectivity index (χ4n) is 2.15. The minimum absolute atomic E-state index is 0.00945. The molecule has 1 aliphatic carbocycles. The van der Waals surface area contributed by atoms with Crippen molar-refractivity contribution in [3.8, 4) is 0 Å². The first-order valence-electron chi connectivity index (χ1n) is 6.48. The Bertz CT molecular complexity index is 449. The smallest absolute Gasteiger partial charge is 0.239 e. The van der Waals surface area contributed by atoms with Gasteiger partial charge >= 0.3 is 0 Å². The van der Waals surface area contributed by atoms with E-state index in [2.05, 4.69) is 21.7 Å². The average molecular weight is 247 g/mol. The standard InChI is InChI=1S/C14H21N3O/c1-14(2,3)17-13(18)9-15-12-8-7-10-5-4-6-11(10)16-12/h7-8H,4-6,9H2,1-3H3,(H,15,16)(H,17,18). The number of pyridine rings is 1. The minimum atomic E-state index is -0.190. The number of fused-ring (bicyclic) bond motifs is 1. The summed E-state index contributed by atoms with van der Waals surface area (Å²) >= 11 is 0. The number of nitrogens with zero attached hydrogens (tertiary/aromatic N) is 1. The Hall–Kier alpha value is -1.58. The molecule has 0 radical (unpaired) electrons. The predicted octanol–water partition coefficient (Wildman–Crippen LogP) is 1.90. The van der Waals surface area contributed by atoms with E-state index < -0.39 is 0 Å². The van der Waals surface area contributed by atoms with Gasteiger partial charge < -0.3 is 10.6 Å². The van der Waals surface area contributed by atoms with Gasteiger partial charge in [-0.3, -0.25) is 4.79 Å². The highest BCUT2D eigenvalue weighted by atomic mass is 16.2. The van der Waals surface area contributed by atoms with Crippen LogP contribution in [0, 0.1) is 0 Å². The molecule has 0 fully saturated rings. The van der Waals surface area contributed by atoms with E-state index in [4.69, 9.17) is 0 Å². The summed E-state index contributed by atoms with van der Waals surface area (Å²) in [4.78, 5) is 16.2. The Morgan fingerprint density at radius 2 is 2.11 bits per heavy atom. The van der Waals surface area contributed by atoms with Crippen LogP contribution >= 0.6 is 0 Å². The van der Waals surface area contributed by atoms with E-state index in [0.717, 1.165) is 18.7 Å². The molecule has 1 aliphatic rings. The van der Waals surface area contributed by atoms with E-state index in [1.807, 2.05) is 26.8 Å². The first-order chi connectivity index (χ1) is 8.44. The van der Waals surface area contributed by atoms with Gasteiger partial charge in [0.2, 0.25) is 5.91 Å². The summed E-state index contributed by atoms with van der Waals surface area (Å²) in [5.74, 6) is 0.782. The van der Waals surface area contributed by atoms with Crippen LogP contribution in [-0.4, -0.2) is 23.0 Å². The van der Waals surface area contributed by atoms with Crippen LogP contribution < -0.4 is 10.6 Å². The number of nitrogens with one attached hydrogen (secondary N) is 2. The summed E-state index contributed by atoms with van der Waals surface area (Å²) in [5.41, 5.74) is 2.33. The number of anilines is 1. The zero-order chi connectivity index (χ0) is 13.2. The Kier molecular flexibility index (Phi) is 3.55. The van der Waals surface area contributed by atoms with Crippen LogP contribution in [0.3, 0.4) is 0 Å². The van der Waals surface area contributed by atoms with Crippen LogP contribution in [0.25, 0.3) is 0 Å². The van der Waals surface area contributed by atoms with Gasteiger partial charge in [-0.2, -0.15) is 0 Å². The quantitative estimate of drug-likeness (QED) is 0.857. The average Bonchev–Trinajstić information content (AvgIpc) is 2.71. The van der Waals surface area contributed by atoms with Crippen LogP contribution in [0.4, 0.5) is 5.82 Å². The van der Waals surface area contributed by atoms with Crippen LogP contribution in [0.15, 0.2) is 12.1 Å². The van der Waals surface area contributed by atoms with Crippen LogP contribution in [0.5, 0.6) is 0 Å². The topological polar surface area (TPSA) is 54.0 Å². The number of carbonyl (C=O) groups excluding carboxylic acids is 1. The normalized spacial score (nSPS) is 14.2. The number of aryl methyl sites for hydroxylation is 2. The second kappa shape index (κ2) is 4.96. The van der Waals surface area contributed by atoms with Gasteiger partial charge in [-0.1, -0.05) is 6.07 Å². The number of amides is 1. The molecule has 0 spiro atoms. The van der Waals surface area contributed by atoms with Crippen molar-refractivity contribution in [2.75, 3.05) is 11.9 Å². The first kappa shape index (κ1) is 12.9. The van der Waals surface area contributed by atoms with Gasteiger partial charge in [0.15, 0.2) is 0 Å². The van der Waals surface area contributed by atoms with Gasteiger partial charge in [-0.25, -0.2) is 4.98 Å². The van der Waals surface area contributed by atoms with Gasteiger partial charge in [-0.15, -0.1) is 0 Å². The molecule has 18 heavy (non-hydrogen) atoms. The fraction of sp³-hybridized carbons (Fsp3) is 0.571. The van der Waals surface area contributed by atoms with Gasteiger partial charge in [0.25, 0.3) is 0 Å². The number of aromatic nitrogens is 1. The molecule has 0 saturated carbocycles. The third kappa shape index (κ3) is 3.45. The van der Waals surface area contributed by atoms with Crippen LogP contribution in [0.2, 0.25) is 0 Å². The van der Waals surface area contributed by atoms with Crippen LogP contribution in [-0.2, 0) is 17.6 Å². The molecule has 0 aromatic carbocycles. The van der Waals surface area contributed by atoms with E-state index in [-0.39, 0.29) is 18.0 Å². The van der Waals surface area contributed by atoms with Gasteiger partial charge in [-0.05, 0) is 51.7 Å². The minimum Gasteiger partial charge on any atom is -0.361 e. The summed E-state index contributed by atoms with van der Waals surface area (Å²) in [6, 6.07) is 4.06. The van der Waals surface area contributed by atoms with E-state index in [9.17, 15) is 4.79 Å². The third-order valence-corrected chi connectivity index (χ3v) is 2.87. The summed E-state index contributed by atoms with van der Waals surface area (Å²) in [7, 11) is 0. The van der Waals surface area contributed by atoms with Crippen molar-refractivity contribution < 1.29 is 4.79 Å². The van der Waals surface area contributed by atoms with Crippen molar-refractivity contribution in [3.05, 3.63) is 23.4 Å². The zero-order valence-corrected chi connectivity index (χ0v) is 11.3. The second-order valence-electron chi connectivity index (χ2n) is 5.81. The largest absolute Gasteiger partial charge is 0.361 e. The lowest BCUT2D eigenvalue weighted by molar-refractivity contribution is -0.120. The fourth-order valence-corrected chi connectivity index (χ4v) is 2.15. The molecule has 0 saturated heterocycles. The van der Waals surface area contributed by atoms with Crippen molar-refractivity contribution in [1.29, 1.82) is 0 Å². The number of hydrogen-bond donors (Lipinski definition) is 2. The first-order valence-corrected chi connectivity index (χ1v) is 6.48. The molecule has 1 heterocycles.